The maximum atomic E-state index is 12.3. The van der Waals surface area contributed by atoms with Gasteiger partial charge in [-0.25, -0.2) is 4.79 Å². The number of ether oxygens (including phenoxy) is 1. The Morgan fingerprint density at radius 1 is 0.970 bits per heavy atom. The van der Waals surface area contributed by atoms with Crippen molar-refractivity contribution in [2.75, 3.05) is 17.2 Å². The average Bonchev–Trinajstić information content (AvgIpc) is 2.83. The number of nitrogens with zero attached hydrogens (tertiary/aromatic N) is 1. The van der Waals surface area contributed by atoms with Crippen LogP contribution in [0, 0.1) is 11.3 Å². The predicted octanol–water partition coefficient (Wildman–Crippen LogP) is 4.39. The molecule has 1 aliphatic heterocycles. The number of anilines is 2. The molecule has 0 saturated carbocycles. The topological polar surface area (TPSA) is 103 Å². The predicted molar refractivity (Wildman–Crippen MR) is 126 cm³/mol. The fourth-order valence-electron chi connectivity index (χ4n) is 3.68. The Bertz CT molecular complexity index is 1200. The van der Waals surface area contributed by atoms with Crippen molar-refractivity contribution >= 4 is 23.4 Å². The van der Waals surface area contributed by atoms with Gasteiger partial charge in [-0.2, -0.15) is 5.26 Å². The third-order valence-corrected chi connectivity index (χ3v) is 5.39. The molecular weight excluding hydrogens is 416 g/mol. The molecule has 0 spiro atoms. The van der Waals surface area contributed by atoms with E-state index in [1.807, 2.05) is 36.4 Å². The van der Waals surface area contributed by atoms with E-state index in [4.69, 9.17) is 10.00 Å². The van der Waals surface area contributed by atoms with Crippen LogP contribution in [0.1, 0.15) is 28.7 Å². The summed E-state index contributed by atoms with van der Waals surface area (Å²) in [6, 6.07) is 21.8. The number of rotatable bonds is 6. The minimum absolute atomic E-state index is 0.125. The van der Waals surface area contributed by atoms with Gasteiger partial charge in [0.05, 0.1) is 11.6 Å². The first-order valence-corrected chi connectivity index (χ1v) is 10.8. The Morgan fingerprint density at radius 2 is 1.82 bits per heavy atom. The van der Waals surface area contributed by atoms with Crippen LogP contribution >= 0.6 is 0 Å². The Kier molecular flexibility index (Phi) is 6.98. The van der Waals surface area contributed by atoms with Crippen LogP contribution in [0.15, 0.2) is 66.7 Å². The first-order valence-electron chi connectivity index (χ1n) is 10.8. The summed E-state index contributed by atoms with van der Waals surface area (Å²) in [5.74, 6) is 0.392. The number of nitrogens with one attached hydrogen (secondary N) is 3. The van der Waals surface area contributed by atoms with E-state index >= 15 is 0 Å². The van der Waals surface area contributed by atoms with Crippen LogP contribution in [0.25, 0.3) is 0 Å². The van der Waals surface area contributed by atoms with E-state index in [9.17, 15) is 9.59 Å². The highest BCUT2D eigenvalue weighted by Crippen LogP contribution is 2.21. The second kappa shape index (κ2) is 10.4. The van der Waals surface area contributed by atoms with E-state index in [0.717, 1.165) is 25.1 Å². The van der Waals surface area contributed by atoms with Crippen molar-refractivity contribution in [2.45, 2.75) is 25.8 Å². The van der Waals surface area contributed by atoms with Gasteiger partial charge in [-0.15, -0.1) is 0 Å². The van der Waals surface area contributed by atoms with Gasteiger partial charge in [0.15, 0.2) is 0 Å². The van der Waals surface area contributed by atoms with Crippen LogP contribution in [-0.4, -0.2) is 18.5 Å². The highest BCUT2D eigenvalue weighted by Gasteiger charge is 2.12. The third-order valence-electron chi connectivity index (χ3n) is 5.39. The standard InChI is InChI=1S/C26H24N4O3/c27-16-19-4-8-22(9-5-19)29-25(31)11-6-18-2-1-3-23(14-18)30-26(32)33-24-10-7-21-17-28-13-12-20(21)15-24/h1-5,7-10,14-15,28H,6,11-13,17H2,(H,29,31)(H,30,32). The molecule has 0 bridgehead atoms. The number of fused-ring (bicyclic) bond motifs is 1. The van der Waals surface area contributed by atoms with E-state index in [1.54, 1.807) is 36.4 Å². The maximum absolute atomic E-state index is 12.3. The number of amides is 2. The highest BCUT2D eigenvalue weighted by molar-refractivity contribution is 5.91. The number of carbonyl (C=O) groups excluding carboxylic acids is 2. The van der Waals surface area contributed by atoms with Crippen molar-refractivity contribution in [1.82, 2.24) is 5.32 Å². The van der Waals surface area contributed by atoms with Crippen molar-refractivity contribution in [3.05, 3.63) is 89.0 Å². The molecule has 33 heavy (non-hydrogen) atoms. The van der Waals surface area contributed by atoms with Crippen LogP contribution in [-0.2, 0) is 24.2 Å². The van der Waals surface area contributed by atoms with Crippen LogP contribution in [0.3, 0.4) is 0 Å². The highest BCUT2D eigenvalue weighted by atomic mass is 16.6. The van der Waals surface area contributed by atoms with Crippen LogP contribution in [0.4, 0.5) is 16.2 Å². The van der Waals surface area contributed by atoms with Gasteiger partial charge in [-0.05, 0) is 84.6 Å². The van der Waals surface area contributed by atoms with Crippen molar-refractivity contribution < 1.29 is 14.3 Å². The molecule has 0 saturated heterocycles. The zero-order valence-electron chi connectivity index (χ0n) is 18.1. The largest absolute Gasteiger partial charge is 0.417 e. The van der Waals surface area contributed by atoms with Gasteiger partial charge in [0.1, 0.15) is 5.75 Å². The number of benzene rings is 3. The molecule has 7 heteroatoms. The second-order valence-corrected chi connectivity index (χ2v) is 7.81. The second-order valence-electron chi connectivity index (χ2n) is 7.81. The number of nitriles is 1. The molecule has 3 aromatic carbocycles. The number of hydrogen-bond acceptors (Lipinski definition) is 5. The average molecular weight is 441 g/mol. The fraction of sp³-hybridized carbons (Fsp3) is 0.192. The molecule has 0 atom stereocenters. The summed E-state index contributed by atoms with van der Waals surface area (Å²) in [6.45, 7) is 1.75. The van der Waals surface area contributed by atoms with Crippen molar-refractivity contribution in [3.8, 4) is 11.8 Å². The van der Waals surface area contributed by atoms with Crippen LogP contribution in [0.2, 0.25) is 0 Å². The summed E-state index contributed by atoms with van der Waals surface area (Å²) in [7, 11) is 0. The molecule has 1 heterocycles. The summed E-state index contributed by atoms with van der Waals surface area (Å²) in [5, 5.41) is 17.7. The van der Waals surface area contributed by atoms with Gasteiger partial charge < -0.3 is 15.4 Å². The molecule has 0 aromatic heterocycles. The summed E-state index contributed by atoms with van der Waals surface area (Å²) < 4.78 is 5.45. The smallest absolute Gasteiger partial charge is 0.410 e. The van der Waals surface area contributed by atoms with E-state index in [2.05, 4.69) is 16.0 Å². The quantitative estimate of drug-likeness (QED) is 0.528. The maximum Gasteiger partial charge on any atom is 0.417 e. The summed E-state index contributed by atoms with van der Waals surface area (Å²) >= 11 is 0. The zero-order valence-corrected chi connectivity index (χ0v) is 18.1. The van der Waals surface area contributed by atoms with Gasteiger partial charge >= 0.3 is 6.09 Å². The molecule has 0 fully saturated rings. The Morgan fingerprint density at radius 3 is 2.64 bits per heavy atom. The zero-order chi connectivity index (χ0) is 23.0. The molecule has 0 unspecified atom stereocenters. The molecule has 3 N–H and O–H groups in total. The molecule has 0 aliphatic carbocycles. The molecule has 2 amide bonds. The summed E-state index contributed by atoms with van der Waals surface area (Å²) in [5.41, 5.74) is 5.14. The van der Waals surface area contributed by atoms with Gasteiger partial charge in [0.2, 0.25) is 5.91 Å². The lowest BCUT2D eigenvalue weighted by molar-refractivity contribution is -0.116. The lowest BCUT2D eigenvalue weighted by atomic mass is 10.0. The van der Waals surface area contributed by atoms with Gasteiger partial charge in [-0.1, -0.05) is 18.2 Å². The molecular formula is C26H24N4O3. The Hall–Kier alpha value is -4.15. The van der Waals surface area contributed by atoms with E-state index in [-0.39, 0.29) is 12.3 Å². The van der Waals surface area contributed by atoms with Gasteiger partial charge in [-0.3, -0.25) is 10.1 Å². The summed E-state index contributed by atoms with van der Waals surface area (Å²) in [4.78, 5) is 24.6. The number of hydrogen-bond donors (Lipinski definition) is 3. The van der Waals surface area contributed by atoms with Crippen LogP contribution < -0.4 is 20.7 Å². The molecule has 3 aromatic rings. The van der Waals surface area contributed by atoms with E-state index in [0.29, 0.717) is 29.1 Å². The van der Waals surface area contributed by atoms with Gasteiger partial charge in [0.25, 0.3) is 0 Å². The van der Waals surface area contributed by atoms with Crippen molar-refractivity contribution in [1.29, 1.82) is 5.26 Å². The minimum atomic E-state index is -0.556. The molecule has 0 radical (unpaired) electrons. The Balaban J connectivity index is 1.28. The van der Waals surface area contributed by atoms with Gasteiger partial charge in [0, 0.05) is 24.3 Å². The number of carbonyl (C=O) groups is 2. The normalized spacial score (nSPS) is 12.2. The van der Waals surface area contributed by atoms with E-state index < -0.39 is 6.09 Å². The molecule has 166 valence electrons. The molecule has 4 rings (SSSR count). The molecule has 7 nitrogen and oxygen atoms in total. The monoisotopic (exact) mass is 440 g/mol. The lowest BCUT2D eigenvalue weighted by Gasteiger charge is -2.17. The number of aryl methyl sites for hydroxylation is 1. The fourth-order valence-corrected chi connectivity index (χ4v) is 3.68. The SMILES string of the molecule is N#Cc1ccc(NC(=O)CCc2cccc(NC(=O)Oc3ccc4c(c3)CCNC4)c2)cc1. The van der Waals surface area contributed by atoms with Crippen LogP contribution in [0.5, 0.6) is 5.75 Å². The van der Waals surface area contributed by atoms with E-state index in [1.165, 1.54) is 11.1 Å². The first kappa shape index (κ1) is 22.1. The summed E-state index contributed by atoms with van der Waals surface area (Å²) in [6.07, 6.45) is 1.16. The third kappa shape index (κ3) is 6.19. The first-order chi connectivity index (χ1) is 16.1. The minimum Gasteiger partial charge on any atom is -0.410 e. The van der Waals surface area contributed by atoms with Crippen molar-refractivity contribution in [3.63, 3.8) is 0 Å². The molecule has 1 aliphatic rings. The van der Waals surface area contributed by atoms with Crippen molar-refractivity contribution in [2.24, 2.45) is 0 Å². The Labute approximate surface area is 192 Å². The lowest BCUT2D eigenvalue weighted by Crippen LogP contribution is -2.23.